The molecule has 4 nitrogen and oxygen atoms in total. The van der Waals surface area contributed by atoms with Crippen molar-refractivity contribution >= 4 is 5.97 Å². The Kier molecular flexibility index (Phi) is 5.20. The van der Waals surface area contributed by atoms with Gasteiger partial charge >= 0.3 is 12.1 Å². The van der Waals surface area contributed by atoms with Crippen LogP contribution in [0.1, 0.15) is 19.3 Å². The van der Waals surface area contributed by atoms with Crippen LogP contribution in [0.4, 0.5) is 13.2 Å². The number of carbonyl (C=O) groups is 1. The van der Waals surface area contributed by atoms with Crippen molar-refractivity contribution in [2.45, 2.75) is 31.5 Å². The molecule has 17 heavy (non-hydrogen) atoms. The zero-order chi connectivity index (χ0) is 12.9. The Morgan fingerprint density at radius 3 is 2.76 bits per heavy atom. The molecule has 1 fully saturated rings. The molecule has 1 saturated heterocycles. The number of aliphatic carboxylic acids is 1. The standard InChI is InChI=1S/C10H16F3NO3/c11-10(12,13)7-17-6-2-5-14-4-1-3-8(14)9(15)16/h8H,1-7H2,(H,15,16)/t8-/m0/s1. The topological polar surface area (TPSA) is 49.8 Å². The number of ether oxygens (including phenoxy) is 1. The minimum atomic E-state index is -4.29. The fraction of sp³-hybridized carbons (Fsp3) is 0.900. The number of carboxylic acids is 1. The molecule has 0 spiro atoms. The largest absolute Gasteiger partial charge is 0.480 e. The second kappa shape index (κ2) is 6.20. The van der Waals surface area contributed by atoms with Crippen LogP contribution in [0.3, 0.4) is 0 Å². The number of hydrogen-bond acceptors (Lipinski definition) is 3. The van der Waals surface area contributed by atoms with Crippen LogP contribution >= 0.6 is 0 Å². The third-order valence-corrected chi connectivity index (χ3v) is 2.65. The maximum Gasteiger partial charge on any atom is 0.411 e. The van der Waals surface area contributed by atoms with E-state index < -0.39 is 24.8 Å². The van der Waals surface area contributed by atoms with Crippen LogP contribution in [0.2, 0.25) is 0 Å². The highest BCUT2D eigenvalue weighted by molar-refractivity contribution is 5.73. The monoisotopic (exact) mass is 255 g/mol. The van der Waals surface area contributed by atoms with Crippen LogP contribution in [0.5, 0.6) is 0 Å². The summed E-state index contributed by atoms with van der Waals surface area (Å²) >= 11 is 0. The molecule has 1 rings (SSSR count). The molecule has 1 heterocycles. The van der Waals surface area contributed by atoms with Gasteiger partial charge in [-0.3, -0.25) is 9.69 Å². The van der Waals surface area contributed by atoms with Crippen LogP contribution in [-0.2, 0) is 9.53 Å². The van der Waals surface area contributed by atoms with Crippen LogP contribution in [0.15, 0.2) is 0 Å². The van der Waals surface area contributed by atoms with Crippen molar-refractivity contribution in [1.29, 1.82) is 0 Å². The summed E-state index contributed by atoms with van der Waals surface area (Å²) < 4.78 is 39.7. The van der Waals surface area contributed by atoms with E-state index in [-0.39, 0.29) is 6.61 Å². The van der Waals surface area contributed by atoms with Gasteiger partial charge in [-0.15, -0.1) is 0 Å². The van der Waals surface area contributed by atoms with E-state index in [1.54, 1.807) is 4.90 Å². The molecule has 100 valence electrons. The van der Waals surface area contributed by atoms with Gasteiger partial charge in [0, 0.05) is 13.2 Å². The summed E-state index contributed by atoms with van der Waals surface area (Å²) in [6.45, 7) is -0.0806. The first-order valence-electron chi connectivity index (χ1n) is 5.51. The number of carboxylic acid groups (broad SMARTS) is 1. The van der Waals surface area contributed by atoms with Gasteiger partial charge in [0.1, 0.15) is 12.6 Å². The lowest BCUT2D eigenvalue weighted by Gasteiger charge is -2.20. The fourth-order valence-corrected chi connectivity index (χ4v) is 1.93. The van der Waals surface area contributed by atoms with Crippen molar-refractivity contribution in [3.05, 3.63) is 0 Å². The molecule has 0 aromatic heterocycles. The van der Waals surface area contributed by atoms with Gasteiger partial charge in [0.2, 0.25) is 0 Å². The predicted molar refractivity (Wildman–Crippen MR) is 53.7 cm³/mol. The number of halogens is 3. The summed E-state index contributed by atoms with van der Waals surface area (Å²) in [6, 6.07) is -0.488. The number of hydrogen-bond donors (Lipinski definition) is 1. The summed E-state index contributed by atoms with van der Waals surface area (Å²) in [4.78, 5) is 12.6. The lowest BCUT2D eigenvalue weighted by atomic mass is 10.2. The lowest BCUT2D eigenvalue weighted by Crippen LogP contribution is -2.36. The predicted octanol–water partition coefficient (Wildman–Crippen LogP) is 1.50. The number of rotatable bonds is 6. The van der Waals surface area contributed by atoms with Crippen LogP contribution < -0.4 is 0 Å². The van der Waals surface area contributed by atoms with Crippen LogP contribution in [0, 0.1) is 0 Å². The van der Waals surface area contributed by atoms with Crippen molar-refractivity contribution in [3.8, 4) is 0 Å². The molecule has 1 aliphatic heterocycles. The molecule has 0 radical (unpaired) electrons. The summed E-state index contributed by atoms with van der Waals surface area (Å²) in [7, 11) is 0. The molecule has 1 N–H and O–H groups in total. The molecule has 1 atom stereocenters. The number of nitrogens with zero attached hydrogens (tertiary/aromatic N) is 1. The normalized spacial score (nSPS) is 21.9. The quantitative estimate of drug-likeness (QED) is 0.731. The van der Waals surface area contributed by atoms with E-state index in [9.17, 15) is 18.0 Å². The first-order valence-corrected chi connectivity index (χ1v) is 5.51. The van der Waals surface area contributed by atoms with Crippen LogP contribution in [-0.4, -0.2) is 54.5 Å². The Morgan fingerprint density at radius 1 is 1.47 bits per heavy atom. The average molecular weight is 255 g/mol. The third kappa shape index (κ3) is 5.36. The van der Waals surface area contributed by atoms with Crippen molar-refractivity contribution in [3.63, 3.8) is 0 Å². The van der Waals surface area contributed by atoms with E-state index in [0.29, 0.717) is 25.9 Å². The molecular formula is C10H16F3NO3. The lowest BCUT2D eigenvalue weighted by molar-refractivity contribution is -0.174. The van der Waals surface area contributed by atoms with Crippen molar-refractivity contribution in [1.82, 2.24) is 4.90 Å². The minimum Gasteiger partial charge on any atom is -0.480 e. The Balaban J connectivity index is 2.12. The van der Waals surface area contributed by atoms with E-state index in [4.69, 9.17) is 5.11 Å². The molecule has 0 unspecified atom stereocenters. The van der Waals surface area contributed by atoms with Gasteiger partial charge in [-0.2, -0.15) is 13.2 Å². The summed E-state index contributed by atoms with van der Waals surface area (Å²) in [5.41, 5.74) is 0. The van der Waals surface area contributed by atoms with Gasteiger partial charge in [0.15, 0.2) is 0 Å². The second-order valence-electron chi connectivity index (χ2n) is 4.05. The van der Waals surface area contributed by atoms with E-state index in [1.165, 1.54) is 0 Å². The van der Waals surface area contributed by atoms with Crippen LogP contribution in [0.25, 0.3) is 0 Å². The molecule has 7 heteroatoms. The molecule has 0 aromatic rings. The Morgan fingerprint density at radius 2 is 2.18 bits per heavy atom. The maximum absolute atomic E-state index is 11.7. The molecule has 0 aromatic carbocycles. The highest BCUT2D eigenvalue weighted by Gasteiger charge is 2.30. The third-order valence-electron chi connectivity index (χ3n) is 2.65. The number of likely N-dealkylation sites (tertiary alicyclic amines) is 1. The van der Waals surface area contributed by atoms with E-state index in [0.717, 1.165) is 6.42 Å². The van der Waals surface area contributed by atoms with Crippen molar-refractivity contribution in [2.24, 2.45) is 0 Å². The molecule has 0 bridgehead atoms. The highest BCUT2D eigenvalue weighted by atomic mass is 19.4. The van der Waals surface area contributed by atoms with Gasteiger partial charge in [-0.1, -0.05) is 0 Å². The van der Waals surface area contributed by atoms with E-state index >= 15 is 0 Å². The summed E-state index contributed by atoms with van der Waals surface area (Å²) in [5.74, 6) is -0.862. The highest BCUT2D eigenvalue weighted by Crippen LogP contribution is 2.18. The van der Waals surface area contributed by atoms with Crippen molar-refractivity contribution < 1.29 is 27.8 Å². The first kappa shape index (κ1) is 14.2. The molecule has 0 aliphatic carbocycles. The van der Waals surface area contributed by atoms with Crippen molar-refractivity contribution in [2.75, 3.05) is 26.3 Å². The summed E-state index contributed by atoms with van der Waals surface area (Å²) in [5, 5.41) is 8.87. The molecule has 0 saturated carbocycles. The zero-order valence-corrected chi connectivity index (χ0v) is 9.37. The summed E-state index contributed by atoms with van der Waals surface area (Å²) in [6.07, 6.45) is -2.45. The van der Waals surface area contributed by atoms with Gasteiger partial charge in [-0.05, 0) is 25.8 Å². The maximum atomic E-state index is 11.7. The fourth-order valence-electron chi connectivity index (χ4n) is 1.93. The molecule has 0 amide bonds. The average Bonchev–Trinajstić information content (AvgIpc) is 2.63. The number of alkyl halides is 3. The Hall–Kier alpha value is -0.820. The molecule has 1 aliphatic rings. The van der Waals surface area contributed by atoms with Gasteiger partial charge in [0.05, 0.1) is 0 Å². The zero-order valence-electron chi connectivity index (χ0n) is 9.37. The Labute approximate surface area is 97.3 Å². The SMILES string of the molecule is O=C(O)[C@@H]1CCCN1CCCOCC(F)(F)F. The minimum absolute atomic E-state index is 0.00233. The molecular weight excluding hydrogens is 239 g/mol. The Bertz CT molecular complexity index is 258. The first-order chi connectivity index (χ1) is 7.90. The second-order valence-corrected chi connectivity index (χ2v) is 4.05. The van der Waals surface area contributed by atoms with Gasteiger partial charge in [0.25, 0.3) is 0 Å². The van der Waals surface area contributed by atoms with Gasteiger partial charge < -0.3 is 9.84 Å². The smallest absolute Gasteiger partial charge is 0.411 e. The van der Waals surface area contributed by atoms with E-state index in [1.807, 2.05) is 0 Å². The van der Waals surface area contributed by atoms with E-state index in [2.05, 4.69) is 4.74 Å². The van der Waals surface area contributed by atoms with Gasteiger partial charge in [-0.25, -0.2) is 0 Å².